The summed E-state index contributed by atoms with van der Waals surface area (Å²) in [6, 6.07) is 8.31. The minimum Gasteiger partial charge on any atom is -0.449 e. The smallest absolute Gasteiger partial charge is 0.342 e. The van der Waals surface area contributed by atoms with Gasteiger partial charge in [-0.3, -0.25) is 9.59 Å². The summed E-state index contributed by atoms with van der Waals surface area (Å²) in [4.78, 5) is 40.3. The normalized spacial score (nSPS) is 11.6. The zero-order valence-electron chi connectivity index (χ0n) is 14.9. The lowest BCUT2D eigenvalue weighted by molar-refractivity contribution is -0.123. The standard InChI is InChI=1S/C19H19ClN2O4/c1-10-9-11(2)21-17(20)16(10)19(25)26-13(4)18(24)22-15-8-6-5-7-14(15)12(3)23/h5-9,13H,1-4H3,(H,22,24)/t13-/m0/s1. The zero-order chi connectivity index (χ0) is 19.4. The fourth-order valence-electron chi connectivity index (χ4n) is 2.44. The summed E-state index contributed by atoms with van der Waals surface area (Å²) in [5, 5.41) is 2.63. The molecule has 136 valence electrons. The molecule has 26 heavy (non-hydrogen) atoms. The van der Waals surface area contributed by atoms with Crippen LogP contribution in [0.1, 0.15) is 45.8 Å². The number of carbonyl (C=O) groups excluding carboxylic acids is 3. The number of nitrogens with one attached hydrogen (secondary N) is 1. The van der Waals surface area contributed by atoms with Crippen molar-refractivity contribution in [3.8, 4) is 0 Å². The van der Waals surface area contributed by atoms with E-state index in [4.69, 9.17) is 16.3 Å². The summed E-state index contributed by atoms with van der Waals surface area (Å²) in [6.07, 6.45) is -1.08. The van der Waals surface area contributed by atoms with E-state index in [-0.39, 0.29) is 16.5 Å². The Bertz CT molecular complexity index is 857. The molecule has 0 saturated carbocycles. The molecular formula is C19H19ClN2O4. The molecule has 1 heterocycles. The molecule has 0 aliphatic rings. The third-order valence-corrected chi connectivity index (χ3v) is 4.00. The molecule has 2 aromatic rings. The highest BCUT2D eigenvalue weighted by Gasteiger charge is 2.23. The van der Waals surface area contributed by atoms with E-state index in [1.165, 1.54) is 13.8 Å². The van der Waals surface area contributed by atoms with Gasteiger partial charge in [0.1, 0.15) is 5.15 Å². The molecule has 0 aliphatic heterocycles. The van der Waals surface area contributed by atoms with Gasteiger partial charge in [0.15, 0.2) is 11.9 Å². The maximum absolute atomic E-state index is 12.4. The minimum atomic E-state index is -1.08. The Kier molecular flexibility index (Phi) is 6.10. The zero-order valence-corrected chi connectivity index (χ0v) is 15.7. The number of aryl methyl sites for hydroxylation is 2. The van der Waals surface area contributed by atoms with Crippen molar-refractivity contribution in [3.63, 3.8) is 0 Å². The van der Waals surface area contributed by atoms with Crippen molar-refractivity contribution in [2.24, 2.45) is 0 Å². The topological polar surface area (TPSA) is 85.4 Å². The van der Waals surface area contributed by atoms with Crippen LogP contribution in [0.2, 0.25) is 5.15 Å². The molecule has 1 atom stereocenters. The van der Waals surface area contributed by atoms with Gasteiger partial charge in [0, 0.05) is 11.3 Å². The van der Waals surface area contributed by atoms with Gasteiger partial charge in [-0.05, 0) is 51.5 Å². The fraction of sp³-hybridized carbons (Fsp3) is 0.263. The maximum Gasteiger partial charge on any atom is 0.342 e. The van der Waals surface area contributed by atoms with Crippen molar-refractivity contribution in [2.75, 3.05) is 5.32 Å². The second kappa shape index (κ2) is 8.10. The number of ketones is 1. The van der Waals surface area contributed by atoms with E-state index in [0.717, 1.165) is 0 Å². The largest absolute Gasteiger partial charge is 0.449 e. The number of carbonyl (C=O) groups is 3. The molecule has 7 heteroatoms. The quantitative estimate of drug-likeness (QED) is 0.489. The molecule has 2 rings (SSSR count). The van der Waals surface area contributed by atoms with Crippen LogP contribution in [0.5, 0.6) is 0 Å². The van der Waals surface area contributed by atoms with Crippen molar-refractivity contribution in [3.05, 3.63) is 57.9 Å². The molecule has 6 nitrogen and oxygen atoms in total. The van der Waals surface area contributed by atoms with Gasteiger partial charge in [0.05, 0.1) is 11.3 Å². The molecule has 1 amide bonds. The first kappa shape index (κ1) is 19.6. The van der Waals surface area contributed by atoms with Gasteiger partial charge >= 0.3 is 5.97 Å². The van der Waals surface area contributed by atoms with E-state index in [0.29, 0.717) is 22.5 Å². The molecule has 0 unspecified atom stereocenters. The Morgan fingerprint density at radius 2 is 1.85 bits per heavy atom. The van der Waals surface area contributed by atoms with Crippen LogP contribution in [0, 0.1) is 13.8 Å². The summed E-state index contributed by atoms with van der Waals surface area (Å²) in [5.41, 5.74) is 2.15. The van der Waals surface area contributed by atoms with Crippen molar-refractivity contribution >= 4 is 34.9 Å². The Balaban J connectivity index is 2.13. The van der Waals surface area contributed by atoms with Crippen molar-refractivity contribution in [1.82, 2.24) is 4.98 Å². The van der Waals surface area contributed by atoms with Crippen LogP contribution >= 0.6 is 11.6 Å². The minimum absolute atomic E-state index is 0.0297. The molecule has 0 saturated heterocycles. The molecule has 1 N–H and O–H groups in total. The molecule has 0 fully saturated rings. The Morgan fingerprint density at radius 3 is 2.46 bits per heavy atom. The Morgan fingerprint density at radius 1 is 1.19 bits per heavy atom. The van der Waals surface area contributed by atoms with Crippen molar-refractivity contribution in [2.45, 2.75) is 33.8 Å². The number of para-hydroxylation sites is 1. The lowest BCUT2D eigenvalue weighted by atomic mass is 10.1. The number of nitrogens with zero attached hydrogens (tertiary/aromatic N) is 1. The summed E-state index contributed by atoms with van der Waals surface area (Å²) in [6.45, 7) is 6.32. The highest BCUT2D eigenvalue weighted by atomic mass is 35.5. The van der Waals surface area contributed by atoms with E-state index < -0.39 is 18.0 Å². The number of halogens is 1. The number of benzene rings is 1. The average Bonchev–Trinajstić information content (AvgIpc) is 2.53. The predicted molar refractivity (Wildman–Crippen MR) is 98.7 cm³/mol. The van der Waals surface area contributed by atoms with E-state index in [1.807, 2.05) is 0 Å². The van der Waals surface area contributed by atoms with E-state index in [2.05, 4.69) is 10.3 Å². The van der Waals surface area contributed by atoms with Crippen LogP contribution < -0.4 is 5.32 Å². The number of anilines is 1. The molecule has 0 spiro atoms. The number of hydrogen-bond acceptors (Lipinski definition) is 5. The number of rotatable bonds is 5. The van der Waals surface area contributed by atoms with Crippen LogP contribution in [0.15, 0.2) is 30.3 Å². The maximum atomic E-state index is 12.4. The first-order chi connectivity index (χ1) is 12.2. The van der Waals surface area contributed by atoms with Gasteiger partial charge in [0.2, 0.25) is 0 Å². The SMILES string of the molecule is CC(=O)c1ccccc1NC(=O)[C@H](C)OC(=O)c1c(C)cc(C)nc1Cl. The number of amides is 1. The lowest BCUT2D eigenvalue weighted by Crippen LogP contribution is -2.30. The van der Waals surface area contributed by atoms with Gasteiger partial charge in [-0.25, -0.2) is 9.78 Å². The molecular weight excluding hydrogens is 356 g/mol. The highest BCUT2D eigenvalue weighted by Crippen LogP contribution is 2.21. The van der Waals surface area contributed by atoms with Gasteiger partial charge in [-0.15, -0.1) is 0 Å². The lowest BCUT2D eigenvalue weighted by Gasteiger charge is -2.16. The second-order valence-corrected chi connectivity index (χ2v) is 6.24. The molecule has 0 aliphatic carbocycles. The van der Waals surface area contributed by atoms with Crippen LogP contribution in [0.25, 0.3) is 0 Å². The van der Waals surface area contributed by atoms with Crippen LogP contribution in [0.3, 0.4) is 0 Å². The first-order valence-corrected chi connectivity index (χ1v) is 8.34. The number of ether oxygens (including phenoxy) is 1. The van der Waals surface area contributed by atoms with Gasteiger partial charge in [-0.2, -0.15) is 0 Å². The fourth-order valence-corrected chi connectivity index (χ4v) is 2.80. The monoisotopic (exact) mass is 374 g/mol. The Hall–Kier alpha value is -2.73. The van der Waals surface area contributed by atoms with Crippen LogP contribution in [0.4, 0.5) is 5.69 Å². The summed E-state index contributed by atoms with van der Waals surface area (Å²) < 4.78 is 5.21. The van der Waals surface area contributed by atoms with Crippen molar-refractivity contribution < 1.29 is 19.1 Å². The summed E-state index contributed by atoms with van der Waals surface area (Å²) in [5.74, 6) is -1.47. The second-order valence-electron chi connectivity index (χ2n) is 5.88. The number of Topliss-reactive ketones (excluding diaryl/α,β-unsaturated/α-hetero) is 1. The molecule has 0 radical (unpaired) electrons. The van der Waals surface area contributed by atoms with Gasteiger partial charge < -0.3 is 10.1 Å². The number of esters is 1. The molecule has 0 bridgehead atoms. The van der Waals surface area contributed by atoms with Gasteiger partial charge in [0.25, 0.3) is 5.91 Å². The third kappa shape index (κ3) is 4.46. The van der Waals surface area contributed by atoms with Gasteiger partial charge in [-0.1, -0.05) is 23.7 Å². The third-order valence-electron chi connectivity index (χ3n) is 3.72. The molecule has 1 aromatic heterocycles. The summed E-state index contributed by atoms with van der Waals surface area (Å²) in [7, 11) is 0. The molecule has 1 aromatic carbocycles. The highest BCUT2D eigenvalue weighted by molar-refractivity contribution is 6.32. The Labute approximate surface area is 156 Å². The number of pyridine rings is 1. The number of hydrogen-bond donors (Lipinski definition) is 1. The predicted octanol–water partition coefficient (Wildman–Crippen LogP) is 3.74. The van der Waals surface area contributed by atoms with Crippen molar-refractivity contribution in [1.29, 1.82) is 0 Å². The number of aromatic nitrogens is 1. The first-order valence-electron chi connectivity index (χ1n) is 7.96. The van der Waals surface area contributed by atoms with Crippen LogP contribution in [-0.2, 0) is 9.53 Å². The summed E-state index contributed by atoms with van der Waals surface area (Å²) >= 11 is 6.03. The average molecular weight is 375 g/mol. The van der Waals surface area contributed by atoms with E-state index in [9.17, 15) is 14.4 Å². The van der Waals surface area contributed by atoms with Crippen LogP contribution in [-0.4, -0.2) is 28.7 Å². The van der Waals surface area contributed by atoms with E-state index in [1.54, 1.807) is 44.2 Å². The van der Waals surface area contributed by atoms with E-state index >= 15 is 0 Å².